The van der Waals surface area contributed by atoms with Crippen LogP contribution in [0.2, 0.25) is 0 Å². The summed E-state index contributed by atoms with van der Waals surface area (Å²) in [5.74, 6) is -0.730. The zero-order chi connectivity index (χ0) is 17.1. The fourth-order valence-corrected chi connectivity index (χ4v) is 3.70. The molecule has 2 atom stereocenters. The fourth-order valence-electron chi connectivity index (χ4n) is 3.70. The number of hydrogen-bond donors (Lipinski definition) is 2. The number of benzene rings is 1. The molecule has 2 unspecified atom stereocenters. The van der Waals surface area contributed by atoms with Crippen molar-refractivity contribution in [1.29, 1.82) is 0 Å². The molecule has 1 saturated heterocycles. The van der Waals surface area contributed by atoms with E-state index in [4.69, 9.17) is 5.73 Å². The number of amides is 2. The van der Waals surface area contributed by atoms with E-state index in [2.05, 4.69) is 5.32 Å². The third kappa shape index (κ3) is 4.30. The average molecular weight is 370 g/mol. The molecule has 138 valence electrons. The molecule has 1 saturated carbocycles. The van der Waals surface area contributed by atoms with Crippen molar-refractivity contribution in [2.45, 2.75) is 44.6 Å². The van der Waals surface area contributed by atoms with E-state index in [-0.39, 0.29) is 35.8 Å². The molecule has 0 radical (unpaired) electrons. The lowest BCUT2D eigenvalue weighted by Crippen LogP contribution is -2.45. The Labute approximate surface area is 153 Å². The van der Waals surface area contributed by atoms with Gasteiger partial charge in [-0.25, -0.2) is 4.39 Å². The van der Waals surface area contributed by atoms with Gasteiger partial charge in [-0.2, -0.15) is 0 Å². The first-order chi connectivity index (χ1) is 11.6. The van der Waals surface area contributed by atoms with Crippen LogP contribution < -0.4 is 16.0 Å². The minimum Gasteiger partial charge on any atom is -0.349 e. The molecule has 1 aliphatic carbocycles. The summed E-state index contributed by atoms with van der Waals surface area (Å²) < 4.78 is 14.1. The number of nitrogens with one attached hydrogen (secondary N) is 1. The van der Waals surface area contributed by atoms with E-state index in [0.29, 0.717) is 25.2 Å². The van der Waals surface area contributed by atoms with Crippen molar-refractivity contribution in [2.75, 3.05) is 18.0 Å². The smallest absolute Gasteiger partial charge is 0.254 e. The van der Waals surface area contributed by atoms with Gasteiger partial charge in [0, 0.05) is 24.7 Å². The highest BCUT2D eigenvalue weighted by molar-refractivity contribution is 5.99. The summed E-state index contributed by atoms with van der Waals surface area (Å²) in [6, 6.07) is 4.29. The summed E-state index contributed by atoms with van der Waals surface area (Å²) in [6.07, 6.45) is 5.32. The van der Waals surface area contributed by atoms with Gasteiger partial charge < -0.3 is 16.0 Å². The maximum Gasteiger partial charge on any atom is 0.254 e. The third-order valence-corrected chi connectivity index (χ3v) is 5.11. The lowest BCUT2D eigenvalue weighted by Gasteiger charge is -2.31. The molecule has 2 aliphatic rings. The van der Waals surface area contributed by atoms with Crippen LogP contribution in [0.4, 0.5) is 10.1 Å². The number of nitrogens with zero attached hydrogens (tertiary/aromatic N) is 1. The number of hydrogen-bond acceptors (Lipinski definition) is 3. The summed E-state index contributed by atoms with van der Waals surface area (Å²) in [4.78, 5) is 26.0. The van der Waals surface area contributed by atoms with Gasteiger partial charge >= 0.3 is 0 Å². The highest BCUT2D eigenvalue weighted by Crippen LogP contribution is 2.26. The van der Waals surface area contributed by atoms with Crippen molar-refractivity contribution in [3.63, 3.8) is 0 Å². The molecular formula is C18H25ClFN3O2. The Morgan fingerprint density at radius 1 is 1.28 bits per heavy atom. The molecule has 0 spiro atoms. The Morgan fingerprint density at radius 3 is 2.72 bits per heavy atom. The van der Waals surface area contributed by atoms with Gasteiger partial charge in [0.25, 0.3) is 5.91 Å². The Bertz CT molecular complexity index is 641. The standard InChI is InChI=1S/C18H24FN3O2.ClH/c19-15-8-7-13(22-9-3-6-17(22)23)10-14(15)18(24)21-16-5-2-1-4-12(16)11-20;/h7-8,10,12,16H,1-6,9,11,20H2,(H,21,24);1H. The molecule has 3 N–H and O–H groups in total. The van der Waals surface area contributed by atoms with Gasteiger partial charge in [0.05, 0.1) is 5.56 Å². The first kappa shape index (κ1) is 19.7. The normalized spacial score (nSPS) is 23.3. The van der Waals surface area contributed by atoms with Crippen LogP contribution in [0.15, 0.2) is 18.2 Å². The Morgan fingerprint density at radius 2 is 2.04 bits per heavy atom. The van der Waals surface area contributed by atoms with E-state index in [0.717, 1.165) is 32.1 Å². The zero-order valence-corrected chi connectivity index (χ0v) is 15.0. The molecule has 7 heteroatoms. The van der Waals surface area contributed by atoms with Gasteiger partial charge in [-0.15, -0.1) is 12.4 Å². The Kier molecular flexibility index (Phi) is 6.79. The number of anilines is 1. The highest BCUT2D eigenvalue weighted by Gasteiger charge is 2.28. The maximum absolute atomic E-state index is 14.1. The molecule has 0 aromatic heterocycles. The first-order valence-electron chi connectivity index (χ1n) is 8.71. The van der Waals surface area contributed by atoms with Crippen LogP contribution >= 0.6 is 12.4 Å². The molecule has 2 amide bonds. The van der Waals surface area contributed by atoms with E-state index in [9.17, 15) is 14.0 Å². The van der Waals surface area contributed by atoms with E-state index >= 15 is 0 Å². The van der Waals surface area contributed by atoms with Crippen LogP contribution in [0.25, 0.3) is 0 Å². The van der Waals surface area contributed by atoms with Gasteiger partial charge in [0.2, 0.25) is 5.91 Å². The van der Waals surface area contributed by atoms with Gasteiger partial charge in [-0.1, -0.05) is 12.8 Å². The lowest BCUT2D eigenvalue weighted by molar-refractivity contribution is -0.117. The largest absolute Gasteiger partial charge is 0.349 e. The number of rotatable bonds is 4. The second-order valence-corrected chi connectivity index (χ2v) is 6.67. The quantitative estimate of drug-likeness (QED) is 0.856. The molecular weight excluding hydrogens is 345 g/mol. The van der Waals surface area contributed by atoms with E-state index in [1.807, 2.05) is 0 Å². The fraction of sp³-hybridized carbons (Fsp3) is 0.556. The predicted octanol–water partition coefficient (Wildman–Crippen LogP) is 2.62. The molecule has 2 fully saturated rings. The molecule has 25 heavy (non-hydrogen) atoms. The summed E-state index contributed by atoms with van der Waals surface area (Å²) in [5.41, 5.74) is 6.37. The number of carbonyl (C=O) groups is 2. The van der Waals surface area contributed by atoms with Crippen molar-refractivity contribution in [3.8, 4) is 0 Å². The van der Waals surface area contributed by atoms with E-state index in [1.54, 1.807) is 11.0 Å². The van der Waals surface area contributed by atoms with Gasteiger partial charge in [-0.05, 0) is 49.9 Å². The van der Waals surface area contributed by atoms with Crippen molar-refractivity contribution in [1.82, 2.24) is 5.32 Å². The van der Waals surface area contributed by atoms with Crippen LogP contribution in [0.3, 0.4) is 0 Å². The van der Waals surface area contributed by atoms with Crippen molar-refractivity contribution in [3.05, 3.63) is 29.6 Å². The summed E-state index contributed by atoms with van der Waals surface area (Å²) in [5, 5.41) is 2.94. The van der Waals surface area contributed by atoms with Crippen LogP contribution in [-0.2, 0) is 4.79 Å². The van der Waals surface area contributed by atoms with Crippen LogP contribution in [0, 0.1) is 11.7 Å². The van der Waals surface area contributed by atoms with Gasteiger partial charge in [0.15, 0.2) is 0 Å². The molecule has 5 nitrogen and oxygen atoms in total. The summed E-state index contributed by atoms with van der Waals surface area (Å²) in [7, 11) is 0. The van der Waals surface area contributed by atoms with Crippen molar-refractivity contribution < 1.29 is 14.0 Å². The Balaban J connectivity index is 0.00000225. The summed E-state index contributed by atoms with van der Waals surface area (Å²) in [6.45, 7) is 1.14. The monoisotopic (exact) mass is 369 g/mol. The van der Waals surface area contributed by atoms with Crippen molar-refractivity contribution in [2.24, 2.45) is 11.7 Å². The molecule has 1 aromatic carbocycles. The topological polar surface area (TPSA) is 75.4 Å². The molecule has 1 aromatic rings. The molecule has 3 rings (SSSR count). The van der Waals surface area contributed by atoms with Crippen LogP contribution in [-0.4, -0.2) is 30.9 Å². The van der Waals surface area contributed by atoms with Gasteiger partial charge in [0.1, 0.15) is 5.82 Å². The van der Waals surface area contributed by atoms with Gasteiger partial charge in [-0.3, -0.25) is 9.59 Å². The average Bonchev–Trinajstić information content (AvgIpc) is 3.02. The SMILES string of the molecule is Cl.NCC1CCCCC1NC(=O)c1cc(N2CCCC2=O)ccc1F. The Hall–Kier alpha value is -1.66. The molecule has 1 heterocycles. The predicted molar refractivity (Wildman–Crippen MR) is 97.5 cm³/mol. The molecule has 1 aliphatic heterocycles. The van der Waals surface area contributed by atoms with E-state index < -0.39 is 11.7 Å². The van der Waals surface area contributed by atoms with Crippen LogP contribution in [0.5, 0.6) is 0 Å². The maximum atomic E-state index is 14.1. The minimum atomic E-state index is -0.567. The van der Waals surface area contributed by atoms with Crippen molar-refractivity contribution >= 4 is 29.9 Å². The molecule has 0 bridgehead atoms. The number of halogens is 2. The first-order valence-corrected chi connectivity index (χ1v) is 8.71. The zero-order valence-electron chi connectivity index (χ0n) is 14.2. The second-order valence-electron chi connectivity index (χ2n) is 6.67. The van der Waals surface area contributed by atoms with E-state index in [1.165, 1.54) is 12.1 Å². The number of carbonyl (C=O) groups excluding carboxylic acids is 2. The highest BCUT2D eigenvalue weighted by atomic mass is 35.5. The summed E-state index contributed by atoms with van der Waals surface area (Å²) >= 11 is 0. The second kappa shape index (κ2) is 8.63. The third-order valence-electron chi connectivity index (χ3n) is 5.11. The van der Waals surface area contributed by atoms with Crippen LogP contribution in [0.1, 0.15) is 48.9 Å². The minimum absolute atomic E-state index is 0. The lowest BCUT2D eigenvalue weighted by atomic mass is 9.84. The number of nitrogens with two attached hydrogens (primary N) is 1.